The van der Waals surface area contributed by atoms with Crippen LogP contribution < -0.4 is 9.47 Å². The number of hydrogen-bond acceptors (Lipinski definition) is 6. The molecule has 13 heteroatoms. The maximum absolute atomic E-state index is 10.4. The molecule has 0 amide bonds. The summed E-state index contributed by atoms with van der Waals surface area (Å²) < 4.78 is 9.44. The Hall–Kier alpha value is -1.63. The number of ether oxygens (including phenoxy) is 2. The van der Waals surface area contributed by atoms with Gasteiger partial charge in [0.25, 0.3) is 0 Å². The molecule has 0 saturated carbocycles. The summed E-state index contributed by atoms with van der Waals surface area (Å²) in [6.45, 7) is 0. The number of methoxy groups -OCH3 is 2. The van der Waals surface area contributed by atoms with Gasteiger partial charge in [0.2, 0.25) is 0 Å². The molecule has 0 bridgehead atoms. The van der Waals surface area contributed by atoms with Crippen molar-refractivity contribution >= 4 is 11.9 Å². The van der Waals surface area contributed by atoms with Crippen LogP contribution in [-0.4, -0.2) is 46.6 Å². The second-order valence-electron chi connectivity index (χ2n) is 4.38. The summed E-state index contributed by atoms with van der Waals surface area (Å²) in [4.78, 5) is 20.9. The molecular weight excluding hydrogens is 548 g/mol. The van der Waals surface area contributed by atoms with Crippen LogP contribution in [0.3, 0.4) is 0 Å². The first-order valence-electron chi connectivity index (χ1n) is 6.50. The molecule has 4 N–H and O–H groups in total. The van der Waals surface area contributed by atoms with E-state index in [0.717, 1.165) is 0 Å². The fourth-order valence-electron chi connectivity index (χ4n) is 1.62. The quantitative estimate of drug-likeness (QED) is 0.405. The van der Waals surface area contributed by atoms with Gasteiger partial charge in [0.05, 0.1) is 25.3 Å². The third kappa shape index (κ3) is 11.8. The molecule has 2 aromatic carbocycles. The molecule has 2 aromatic rings. The number of phenolic OH excluding ortho intramolecular Hbond substituents is 2. The summed E-state index contributed by atoms with van der Waals surface area (Å²) in [7, 11) is 2.72. The molecule has 0 atom stereocenters. The predicted octanol–water partition coefficient (Wildman–Crippen LogP) is 1.95. The van der Waals surface area contributed by atoms with E-state index in [4.69, 9.17) is 29.9 Å². The zero-order valence-corrected chi connectivity index (χ0v) is 24.7. The summed E-state index contributed by atoms with van der Waals surface area (Å²) in [5, 5.41) is 35.3. The van der Waals surface area contributed by atoms with E-state index in [0.29, 0.717) is 0 Å². The Morgan fingerprint density at radius 1 is 0.690 bits per heavy atom. The van der Waals surface area contributed by atoms with Crippen molar-refractivity contribution < 1.29 is 109 Å². The van der Waals surface area contributed by atoms with Crippen LogP contribution >= 0.6 is 0 Å². The molecule has 144 valence electrons. The number of carbonyl (C=O) groups is 2. The number of hydrogen-bond donors (Lipinski definition) is 4. The normalized spacial score (nSPS) is 7.79. The van der Waals surface area contributed by atoms with Crippen LogP contribution in [0, 0.1) is 0 Å². The van der Waals surface area contributed by atoms with Crippen LogP contribution in [0.1, 0.15) is 20.7 Å². The van der Waals surface area contributed by atoms with Crippen LogP contribution in [0.4, 0.5) is 0 Å². The second-order valence-corrected chi connectivity index (χ2v) is 4.38. The fraction of sp³-hybridized carbons (Fsp3) is 0.125. The van der Waals surface area contributed by atoms with Crippen LogP contribution in [0.2, 0.25) is 0 Å². The van der Waals surface area contributed by atoms with Gasteiger partial charge in [-0.2, -0.15) is 0 Å². The Morgan fingerprint density at radius 3 is 1.17 bits per heavy atom. The zero-order chi connectivity index (χ0) is 18.3. The van der Waals surface area contributed by atoms with Gasteiger partial charge >= 0.3 is 70.4 Å². The van der Waals surface area contributed by atoms with E-state index in [1.807, 2.05) is 0 Å². The molecule has 0 radical (unpaired) electrons. The molecule has 29 heavy (non-hydrogen) atoms. The Morgan fingerprint density at radius 2 is 0.966 bits per heavy atom. The number of rotatable bonds is 4. The van der Waals surface area contributed by atoms with Gasteiger partial charge in [0.1, 0.15) is 0 Å². The largest absolute Gasteiger partial charge is 2.00 e. The standard InChI is InChI=1S/2C8H8O4.2O.3Zn/c2*1-12-7-4-5(8(10)11)2-3-6(7)9;;;;;/h2*2-4,9H,1H3,(H,10,11);;;;;/q;;2*-2;3*+2. The van der Waals surface area contributed by atoms with Crippen molar-refractivity contribution in [3.63, 3.8) is 0 Å². The maximum Gasteiger partial charge on any atom is 2.00 e. The first-order valence-corrected chi connectivity index (χ1v) is 6.50. The molecule has 2 rings (SSSR count). The Balaban J connectivity index is -0.000000113. The Bertz CT molecular complexity index is 692. The summed E-state index contributed by atoms with van der Waals surface area (Å²) in [5.74, 6) is -1.91. The summed E-state index contributed by atoms with van der Waals surface area (Å²) in [6.07, 6.45) is 0. The molecule has 0 spiro atoms. The van der Waals surface area contributed by atoms with Crippen LogP contribution in [0.25, 0.3) is 0 Å². The van der Waals surface area contributed by atoms with Crippen molar-refractivity contribution in [3.8, 4) is 23.0 Å². The fourth-order valence-corrected chi connectivity index (χ4v) is 1.62. The average Bonchev–Trinajstić information content (AvgIpc) is 2.55. The van der Waals surface area contributed by atoms with Crippen molar-refractivity contribution in [1.29, 1.82) is 0 Å². The van der Waals surface area contributed by atoms with Crippen molar-refractivity contribution in [2.45, 2.75) is 0 Å². The smallest absolute Gasteiger partial charge is 2.00 e. The van der Waals surface area contributed by atoms with E-state index in [1.165, 1.54) is 50.6 Å². The van der Waals surface area contributed by atoms with E-state index in [-0.39, 0.29) is 104 Å². The predicted molar refractivity (Wildman–Crippen MR) is 84.6 cm³/mol. The number of carboxylic acid groups (broad SMARTS) is 2. The summed E-state index contributed by atoms with van der Waals surface area (Å²) >= 11 is 0. The van der Waals surface area contributed by atoms with Gasteiger partial charge in [-0.3, -0.25) is 0 Å². The van der Waals surface area contributed by atoms with E-state index in [2.05, 4.69) is 0 Å². The van der Waals surface area contributed by atoms with Gasteiger partial charge in [-0.15, -0.1) is 0 Å². The zero-order valence-electron chi connectivity index (χ0n) is 15.8. The van der Waals surface area contributed by atoms with Gasteiger partial charge < -0.3 is 40.9 Å². The van der Waals surface area contributed by atoms with Gasteiger partial charge in [0.15, 0.2) is 23.0 Å². The maximum atomic E-state index is 10.4. The molecule has 0 heterocycles. The Labute approximate surface area is 204 Å². The van der Waals surface area contributed by atoms with Gasteiger partial charge in [0, 0.05) is 0 Å². The number of benzene rings is 2. The molecule has 0 aliphatic rings. The monoisotopic (exact) mass is 560 g/mol. The third-order valence-electron chi connectivity index (χ3n) is 2.85. The second kappa shape index (κ2) is 18.4. The van der Waals surface area contributed by atoms with E-state index in [9.17, 15) is 9.59 Å². The molecule has 0 aliphatic heterocycles. The van der Waals surface area contributed by atoms with E-state index >= 15 is 0 Å². The van der Waals surface area contributed by atoms with Crippen molar-refractivity contribution in [3.05, 3.63) is 47.5 Å². The van der Waals surface area contributed by atoms with Gasteiger partial charge in [-0.25, -0.2) is 9.59 Å². The number of carboxylic acids is 2. The van der Waals surface area contributed by atoms with Crippen molar-refractivity contribution in [2.24, 2.45) is 0 Å². The van der Waals surface area contributed by atoms with Crippen LogP contribution in [0.15, 0.2) is 36.4 Å². The minimum Gasteiger partial charge on any atom is -2.00 e. The SMILES string of the molecule is COc1cc(C(=O)O)ccc1O.COc1cc(C(=O)O)ccc1O.[O-2].[O-2].[Zn+2].[Zn+2].[Zn+2]. The van der Waals surface area contributed by atoms with Gasteiger partial charge in [-0.1, -0.05) is 0 Å². The third-order valence-corrected chi connectivity index (χ3v) is 2.85. The molecule has 0 fully saturated rings. The van der Waals surface area contributed by atoms with E-state index < -0.39 is 11.9 Å². The van der Waals surface area contributed by atoms with Crippen LogP contribution in [-0.2, 0) is 69.4 Å². The summed E-state index contributed by atoms with van der Waals surface area (Å²) in [5.41, 5.74) is 0.175. The molecule has 10 nitrogen and oxygen atoms in total. The first-order chi connectivity index (χ1) is 11.3. The first kappa shape index (κ1) is 38.0. The molecule has 0 aromatic heterocycles. The van der Waals surface area contributed by atoms with Gasteiger partial charge in [-0.05, 0) is 36.4 Å². The number of aromatic hydroxyl groups is 2. The molecular formula is C16H16O10Zn3+2. The Kier molecular flexibility index (Phi) is 24.1. The molecule has 0 saturated heterocycles. The summed E-state index contributed by atoms with van der Waals surface area (Å²) in [6, 6.07) is 7.69. The van der Waals surface area contributed by atoms with Crippen molar-refractivity contribution in [2.75, 3.05) is 14.2 Å². The molecule has 0 unspecified atom stereocenters. The van der Waals surface area contributed by atoms with Crippen LogP contribution in [0.5, 0.6) is 23.0 Å². The minimum absolute atomic E-state index is 0. The number of aromatic carboxylic acids is 2. The number of phenols is 2. The van der Waals surface area contributed by atoms with Crippen molar-refractivity contribution in [1.82, 2.24) is 0 Å². The average molecular weight is 564 g/mol. The molecule has 0 aliphatic carbocycles. The minimum atomic E-state index is -1.05. The topological polar surface area (TPSA) is 191 Å². The van der Waals surface area contributed by atoms with E-state index in [1.54, 1.807) is 0 Å².